The SMILES string of the molecule is CC(C)([C@H]1C[C@@H](NC(=O)C2CCC(F)(F)CC2)C1)S(=O)(=O)c1cccc(C(F)(F)F)c1. The van der Waals surface area contributed by atoms with E-state index in [-0.39, 0.29) is 48.4 Å². The van der Waals surface area contributed by atoms with E-state index in [0.29, 0.717) is 18.9 Å². The average molecular weight is 468 g/mol. The molecule has 0 atom stereocenters. The molecule has 1 aromatic rings. The molecule has 10 heteroatoms. The second kappa shape index (κ2) is 8.01. The number of sulfone groups is 1. The van der Waals surface area contributed by atoms with E-state index in [2.05, 4.69) is 5.32 Å². The Morgan fingerprint density at radius 2 is 1.68 bits per heavy atom. The zero-order valence-electron chi connectivity index (χ0n) is 17.3. The maximum absolute atomic E-state index is 13.3. The Bertz CT molecular complexity index is 927. The van der Waals surface area contributed by atoms with Crippen LogP contribution in [0, 0.1) is 11.8 Å². The van der Waals surface area contributed by atoms with Crippen molar-refractivity contribution in [3.8, 4) is 0 Å². The summed E-state index contributed by atoms with van der Waals surface area (Å²) in [4.78, 5) is 12.0. The zero-order valence-corrected chi connectivity index (χ0v) is 18.1. The Morgan fingerprint density at radius 3 is 2.23 bits per heavy atom. The number of nitrogens with one attached hydrogen (secondary N) is 1. The van der Waals surface area contributed by atoms with E-state index in [4.69, 9.17) is 0 Å². The summed E-state index contributed by atoms with van der Waals surface area (Å²) >= 11 is 0. The summed E-state index contributed by atoms with van der Waals surface area (Å²) in [5.74, 6) is -3.84. The van der Waals surface area contributed by atoms with Crippen LogP contribution in [0.3, 0.4) is 0 Å². The van der Waals surface area contributed by atoms with Gasteiger partial charge in [0.1, 0.15) is 0 Å². The summed E-state index contributed by atoms with van der Waals surface area (Å²) in [5.41, 5.74) is -1.03. The third-order valence-electron chi connectivity index (χ3n) is 6.72. The second-order valence-corrected chi connectivity index (χ2v) is 11.7. The van der Waals surface area contributed by atoms with Crippen molar-refractivity contribution >= 4 is 15.7 Å². The molecule has 0 saturated heterocycles. The highest BCUT2D eigenvalue weighted by Crippen LogP contribution is 2.44. The van der Waals surface area contributed by atoms with Gasteiger partial charge in [0.05, 0.1) is 15.2 Å². The highest BCUT2D eigenvalue weighted by atomic mass is 32.2. The summed E-state index contributed by atoms with van der Waals surface area (Å²) in [5, 5.41) is 2.81. The van der Waals surface area contributed by atoms with E-state index >= 15 is 0 Å². The molecule has 1 N–H and O–H groups in total. The van der Waals surface area contributed by atoms with Gasteiger partial charge in [-0.1, -0.05) is 6.07 Å². The van der Waals surface area contributed by atoms with Crippen LogP contribution in [0.4, 0.5) is 22.0 Å². The lowest BCUT2D eigenvalue weighted by Crippen LogP contribution is -2.54. The largest absolute Gasteiger partial charge is 0.416 e. The molecule has 2 aliphatic rings. The molecule has 1 amide bonds. The molecule has 0 radical (unpaired) electrons. The van der Waals surface area contributed by atoms with Crippen LogP contribution in [0.15, 0.2) is 29.2 Å². The third kappa shape index (κ3) is 4.88. The fourth-order valence-electron chi connectivity index (χ4n) is 4.29. The number of hydrogen-bond acceptors (Lipinski definition) is 3. The van der Waals surface area contributed by atoms with E-state index in [0.717, 1.165) is 18.2 Å². The van der Waals surface area contributed by atoms with Crippen LogP contribution in [0.1, 0.15) is 57.9 Å². The summed E-state index contributed by atoms with van der Waals surface area (Å²) < 4.78 is 90.3. The van der Waals surface area contributed by atoms with Gasteiger partial charge in [-0.15, -0.1) is 0 Å². The highest BCUT2D eigenvalue weighted by Gasteiger charge is 2.49. The monoisotopic (exact) mass is 467 g/mol. The Balaban J connectivity index is 1.62. The molecule has 0 bridgehead atoms. The number of halogens is 5. The fraction of sp³-hybridized carbons (Fsp3) is 0.667. The predicted octanol–water partition coefficient (Wildman–Crippen LogP) is 4.98. The van der Waals surface area contributed by atoms with Crippen molar-refractivity contribution in [2.24, 2.45) is 11.8 Å². The van der Waals surface area contributed by atoms with Gasteiger partial charge in [-0.05, 0) is 63.6 Å². The van der Waals surface area contributed by atoms with Gasteiger partial charge in [-0.25, -0.2) is 17.2 Å². The fourth-order valence-corrected chi connectivity index (χ4v) is 6.07. The molecule has 4 nitrogen and oxygen atoms in total. The minimum atomic E-state index is -4.65. The number of carbonyl (C=O) groups excluding carboxylic acids is 1. The molecule has 31 heavy (non-hydrogen) atoms. The number of rotatable bonds is 5. The van der Waals surface area contributed by atoms with Crippen LogP contribution in [0.5, 0.6) is 0 Å². The highest BCUT2D eigenvalue weighted by molar-refractivity contribution is 7.92. The van der Waals surface area contributed by atoms with Crippen molar-refractivity contribution in [1.29, 1.82) is 0 Å². The number of alkyl halides is 5. The lowest BCUT2D eigenvalue weighted by atomic mass is 9.72. The summed E-state index contributed by atoms with van der Waals surface area (Å²) in [7, 11) is -4.06. The Kier molecular flexibility index (Phi) is 6.19. The molecule has 2 saturated carbocycles. The van der Waals surface area contributed by atoms with Gasteiger partial charge in [0.15, 0.2) is 9.84 Å². The van der Waals surface area contributed by atoms with Gasteiger partial charge in [-0.2, -0.15) is 13.2 Å². The lowest BCUT2D eigenvalue weighted by Gasteiger charge is -2.45. The molecule has 1 aromatic carbocycles. The second-order valence-electron chi connectivity index (χ2n) is 9.14. The molecule has 3 rings (SSSR count). The average Bonchev–Trinajstić information content (AvgIpc) is 2.63. The maximum atomic E-state index is 13.3. The smallest absolute Gasteiger partial charge is 0.353 e. The van der Waals surface area contributed by atoms with Crippen LogP contribution in [0.2, 0.25) is 0 Å². The van der Waals surface area contributed by atoms with Gasteiger partial charge in [-0.3, -0.25) is 4.79 Å². The molecule has 0 heterocycles. The lowest BCUT2D eigenvalue weighted by molar-refractivity contribution is -0.137. The minimum Gasteiger partial charge on any atom is -0.353 e. The Hall–Kier alpha value is -1.71. The van der Waals surface area contributed by atoms with Crippen LogP contribution in [-0.4, -0.2) is 31.0 Å². The van der Waals surface area contributed by atoms with Crippen LogP contribution in [0.25, 0.3) is 0 Å². The molecular formula is C21H26F5NO3S. The van der Waals surface area contributed by atoms with Gasteiger partial charge < -0.3 is 5.32 Å². The third-order valence-corrected chi connectivity index (χ3v) is 9.31. The summed E-state index contributed by atoms with van der Waals surface area (Å²) in [6, 6.07) is 3.43. The van der Waals surface area contributed by atoms with E-state index in [1.165, 1.54) is 13.8 Å². The number of benzene rings is 1. The van der Waals surface area contributed by atoms with Crippen LogP contribution in [-0.2, 0) is 20.8 Å². The van der Waals surface area contributed by atoms with Gasteiger partial charge in [0.25, 0.3) is 0 Å². The number of carbonyl (C=O) groups is 1. The molecule has 0 aromatic heterocycles. The molecule has 2 fully saturated rings. The first-order chi connectivity index (χ1) is 14.1. The molecular weight excluding hydrogens is 441 g/mol. The van der Waals surface area contributed by atoms with Crippen molar-refractivity contribution < 1.29 is 35.2 Å². The normalized spacial score (nSPS) is 25.0. The van der Waals surface area contributed by atoms with Gasteiger partial charge in [0, 0.05) is 24.8 Å². The van der Waals surface area contributed by atoms with Crippen molar-refractivity contribution in [2.75, 3.05) is 0 Å². The quantitative estimate of drug-likeness (QED) is 0.622. The van der Waals surface area contributed by atoms with E-state index in [1.807, 2.05) is 0 Å². The summed E-state index contributed by atoms with van der Waals surface area (Å²) in [6.07, 6.45) is -4.33. The maximum Gasteiger partial charge on any atom is 0.416 e. The van der Waals surface area contributed by atoms with Crippen LogP contribution >= 0.6 is 0 Å². The first-order valence-corrected chi connectivity index (χ1v) is 11.7. The summed E-state index contributed by atoms with van der Waals surface area (Å²) in [6.45, 7) is 2.96. The standard InChI is InChI=1S/C21H26F5NO3S/c1-19(2,31(29,30)17-5-3-4-14(12-17)21(24,25)26)15-10-16(11-15)27-18(28)13-6-8-20(22,23)9-7-13/h3-5,12-13,15-16H,6-11H2,1-2H3,(H,27,28)/t15-,16+. The van der Waals surface area contributed by atoms with Crippen LogP contribution < -0.4 is 5.32 Å². The first-order valence-electron chi connectivity index (χ1n) is 10.2. The predicted molar refractivity (Wildman–Crippen MR) is 104 cm³/mol. The molecule has 2 aliphatic carbocycles. The Morgan fingerprint density at radius 1 is 1.10 bits per heavy atom. The molecule has 174 valence electrons. The zero-order chi connectivity index (χ0) is 23.2. The number of amides is 1. The van der Waals surface area contributed by atoms with E-state index in [9.17, 15) is 35.2 Å². The van der Waals surface area contributed by atoms with E-state index < -0.39 is 38.2 Å². The van der Waals surface area contributed by atoms with Gasteiger partial charge in [0.2, 0.25) is 11.8 Å². The molecule has 0 spiro atoms. The topological polar surface area (TPSA) is 63.2 Å². The van der Waals surface area contributed by atoms with Crippen molar-refractivity contribution in [1.82, 2.24) is 5.32 Å². The van der Waals surface area contributed by atoms with Crippen molar-refractivity contribution in [2.45, 2.75) is 80.2 Å². The van der Waals surface area contributed by atoms with E-state index in [1.54, 1.807) is 0 Å². The van der Waals surface area contributed by atoms with Gasteiger partial charge >= 0.3 is 6.18 Å². The number of hydrogen-bond donors (Lipinski definition) is 1. The molecule has 0 unspecified atom stereocenters. The molecule has 0 aliphatic heterocycles. The minimum absolute atomic E-state index is 0.115. The van der Waals surface area contributed by atoms with Crippen molar-refractivity contribution in [3.63, 3.8) is 0 Å². The van der Waals surface area contributed by atoms with Crippen molar-refractivity contribution in [3.05, 3.63) is 29.8 Å². The first kappa shape index (κ1) is 23.9. The Labute approximate surface area is 178 Å².